The van der Waals surface area contributed by atoms with Crippen molar-refractivity contribution in [1.82, 2.24) is 19.6 Å². The number of carbonyl (C=O) groups is 2. The molecule has 2 N–H and O–H groups in total. The summed E-state index contributed by atoms with van der Waals surface area (Å²) >= 11 is 0. The molecular formula is C18H24N6O6. The fourth-order valence-corrected chi connectivity index (χ4v) is 3.38. The van der Waals surface area contributed by atoms with Crippen LogP contribution in [0.25, 0.3) is 0 Å². The van der Waals surface area contributed by atoms with Crippen molar-refractivity contribution >= 4 is 23.6 Å². The lowest BCUT2D eigenvalue weighted by Gasteiger charge is -2.36. The molecule has 3 rings (SSSR count). The van der Waals surface area contributed by atoms with Crippen molar-refractivity contribution in [1.29, 1.82) is 0 Å². The van der Waals surface area contributed by atoms with E-state index >= 15 is 0 Å². The van der Waals surface area contributed by atoms with Crippen LogP contribution in [0, 0.1) is 0 Å². The predicted molar refractivity (Wildman–Crippen MR) is 106 cm³/mol. The summed E-state index contributed by atoms with van der Waals surface area (Å²) in [4.78, 5) is 44.4. The third kappa shape index (κ3) is 4.21. The molecule has 162 valence electrons. The number of rotatable bonds is 6. The van der Waals surface area contributed by atoms with Gasteiger partial charge in [0.2, 0.25) is 11.7 Å². The molecule has 12 nitrogen and oxygen atoms in total. The van der Waals surface area contributed by atoms with Crippen LogP contribution < -0.4 is 20.5 Å². The van der Waals surface area contributed by atoms with E-state index < -0.39 is 17.6 Å². The van der Waals surface area contributed by atoms with Crippen molar-refractivity contribution in [2.24, 2.45) is 7.05 Å². The highest BCUT2D eigenvalue weighted by Crippen LogP contribution is 2.23. The molecule has 30 heavy (non-hydrogen) atoms. The van der Waals surface area contributed by atoms with Gasteiger partial charge >= 0.3 is 6.09 Å². The molecule has 1 fully saturated rings. The Hall–Kier alpha value is -3.57. The van der Waals surface area contributed by atoms with Gasteiger partial charge in [-0.1, -0.05) is 5.16 Å². The molecule has 0 atom stereocenters. The lowest BCUT2D eigenvalue weighted by atomic mass is 10.0. The fourth-order valence-electron chi connectivity index (χ4n) is 3.38. The van der Waals surface area contributed by atoms with Crippen LogP contribution in [0.1, 0.15) is 30.3 Å². The van der Waals surface area contributed by atoms with E-state index in [4.69, 9.17) is 14.4 Å². The van der Waals surface area contributed by atoms with Gasteiger partial charge in [-0.2, -0.15) is 0 Å². The summed E-state index contributed by atoms with van der Waals surface area (Å²) in [5, 5.41) is 15.2. The van der Waals surface area contributed by atoms with Gasteiger partial charge in [0.05, 0.1) is 12.8 Å². The van der Waals surface area contributed by atoms with Gasteiger partial charge in [-0.15, -0.1) is 0 Å². The molecule has 12 heteroatoms. The average molecular weight is 420 g/mol. The third-order valence-corrected chi connectivity index (χ3v) is 5.02. The number of carboxylic acid groups (broad SMARTS) is 1. The van der Waals surface area contributed by atoms with Crippen LogP contribution in [-0.4, -0.2) is 69.5 Å². The monoisotopic (exact) mass is 420 g/mol. The van der Waals surface area contributed by atoms with Crippen LogP contribution in [0.4, 0.5) is 16.4 Å². The second-order valence-electron chi connectivity index (χ2n) is 6.87. The molecule has 0 radical (unpaired) electrons. The Morgan fingerprint density at radius 3 is 2.67 bits per heavy atom. The maximum Gasteiger partial charge on any atom is 0.407 e. The summed E-state index contributed by atoms with van der Waals surface area (Å²) < 4.78 is 11.4. The van der Waals surface area contributed by atoms with E-state index in [1.807, 2.05) is 0 Å². The third-order valence-electron chi connectivity index (χ3n) is 5.02. The number of nitrogens with zero attached hydrogens (tertiary/aromatic N) is 5. The van der Waals surface area contributed by atoms with Crippen LogP contribution in [0.15, 0.2) is 21.8 Å². The molecule has 1 aliphatic heterocycles. The van der Waals surface area contributed by atoms with Gasteiger partial charge < -0.3 is 29.5 Å². The number of hydrogen-bond donors (Lipinski definition) is 2. The van der Waals surface area contributed by atoms with Crippen LogP contribution in [-0.2, 0) is 7.05 Å². The zero-order valence-electron chi connectivity index (χ0n) is 17.0. The molecule has 0 aliphatic carbocycles. The van der Waals surface area contributed by atoms with E-state index in [9.17, 15) is 14.4 Å². The summed E-state index contributed by atoms with van der Waals surface area (Å²) in [6.07, 6.45) is 2.78. The molecule has 1 saturated heterocycles. The second kappa shape index (κ2) is 8.84. The quantitative estimate of drug-likeness (QED) is 0.699. The number of piperidine rings is 1. The Labute approximate surface area is 172 Å². The number of aromatic nitrogens is 3. The Morgan fingerprint density at radius 2 is 2.10 bits per heavy atom. The predicted octanol–water partition coefficient (Wildman–Crippen LogP) is 0.998. The molecule has 0 bridgehead atoms. The van der Waals surface area contributed by atoms with E-state index in [-0.39, 0.29) is 30.0 Å². The van der Waals surface area contributed by atoms with E-state index in [1.165, 1.54) is 21.9 Å². The smallest absolute Gasteiger partial charge is 0.407 e. The largest absolute Gasteiger partial charge is 0.486 e. The first-order valence-electron chi connectivity index (χ1n) is 9.48. The molecule has 2 amide bonds. The summed E-state index contributed by atoms with van der Waals surface area (Å²) in [6, 6.07) is -0.0365. The van der Waals surface area contributed by atoms with Gasteiger partial charge in [0.1, 0.15) is 12.0 Å². The Morgan fingerprint density at radius 1 is 1.40 bits per heavy atom. The molecule has 0 spiro atoms. The summed E-state index contributed by atoms with van der Waals surface area (Å²) in [6.45, 7) is 2.66. The molecule has 0 aromatic carbocycles. The molecule has 0 unspecified atom stereocenters. The number of ether oxygens (including phenoxy) is 1. The molecule has 2 aromatic rings. The van der Waals surface area contributed by atoms with Gasteiger partial charge in [-0.3, -0.25) is 14.2 Å². The number of anilines is 2. The zero-order valence-corrected chi connectivity index (χ0v) is 17.0. The first-order chi connectivity index (χ1) is 14.3. The van der Waals surface area contributed by atoms with Crippen molar-refractivity contribution in [3.63, 3.8) is 0 Å². The van der Waals surface area contributed by atoms with Gasteiger partial charge in [-0.25, -0.2) is 9.78 Å². The minimum Gasteiger partial charge on any atom is -0.486 e. The molecule has 2 aromatic heterocycles. The average Bonchev–Trinajstić information content (AvgIpc) is 3.24. The van der Waals surface area contributed by atoms with Gasteiger partial charge in [0.15, 0.2) is 5.69 Å². The highest BCUT2D eigenvalue weighted by Gasteiger charge is 2.29. The van der Waals surface area contributed by atoms with Gasteiger partial charge in [0, 0.05) is 33.2 Å². The van der Waals surface area contributed by atoms with Crippen LogP contribution in [0.3, 0.4) is 0 Å². The number of likely N-dealkylation sites (tertiary alicyclic amines) is 1. The Balaban J connectivity index is 1.92. The molecule has 1 aliphatic rings. The minimum absolute atomic E-state index is 0.0365. The van der Waals surface area contributed by atoms with Crippen LogP contribution in [0.5, 0.6) is 5.75 Å². The van der Waals surface area contributed by atoms with Gasteiger partial charge in [-0.05, 0) is 19.8 Å². The van der Waals surface area contributed by atoms with Crippen molar-refractivity contribution in [3.8, 4) is 5.75 Å². The highest BCUT2D eigenvalue weighted by molar-refractivity contribution is 6.04. The lowest BCUT2D eigenvalue weighted by Crippen LogP contribution is -2.46. The lowest BCUT2D eigenvalue weighted by molar-refractivity contribution is 0.101. The molecule has 3 heterocycles. The minimum atomic E-state index is -0.949. The summed E-state index contributed by atoms with van der Waals surface area (Å²) in [5.41, 5.74) is -0.320. The van der Waals surface area contributed by atoms with Gasteiger partial charge in [0.25, 0.3) is 11.5 Å². The van der Waals surface area contributed by atoms with Crippen molar-refractivity contribution in [3.05, 3.63) is 28.5 Å². The van der Waals surface area contributed by atoms with E-state index in [0.29, 0.717) is 31.6 Å². The maximum atomic E-state index is 12.9. The first-order valence-corrected chi connectivity index (χ1v) is 9.48. The first kappa shape index (κ1) is 21.1. The fraction of sp³-hybridized carbons (Fsp3) is 0.500. The van der Waals surface area contributed by atoms with Crippen molar-refractivity contribution in [2.45, 2.75) is 25.8 Å². The maximum absolute atomic E-state index is 12.9. The number of hydrogen-bond acceptors (Lipinski definition) is 8. The Kier molecular flexibility index (Phi) is 6.23. The highest BCUT2D eigenvalue weighted by atomic mass is 16.5. The van der Waals surface area contributed by atoms with Crippen molar-refractivity contribution in [2.75, 3.05) is 37.0 Å². The number of amides is 2. The number of carbonyl (C=O) groups excluding carboxylic acids is 1. The standard InChI is InChI=1S/C18H24N6O6/c1-4-29-14-13(15(25)20-11-9-19-30-10-11)21-17(23(3)16(14)26)22(2)12-5-7-24(8-6-12)18(27)28/h9-10,12H,4-8H2,1-3H3,(H,20,25)(H,27,28). The topological polar surface area (TPSA) is 143 Å². The van der Waals surface area contributed by atoms with E-state index in [1.54, 1.807) is 25.9 Å². The van der Waals surface area contributed by atoms with Crippen molar-refractivity contribution < 1.29 is 24.0 Å². The van der Waals surface area contributed by atoms with E-state index in [2.05, 4.69) is 15.5 Å². The number of nitrogens with one attached hydrogen (secondary N) is 1. The molecular weight excluding hydrogens is 396 g/mol. The van der Waals surface area contributed by atoms with E-state index in [0.717, 1.165) is 0 Å². The summed E-state index contributed by atoms with van der Waals surface area (Å²) in [5.74, 6) is -0.491. The molecule has 0 saturated carbocycles. The second-order valence-corrected chi connectivity index (χ2v) is 6.87. The Bertz CT molecular complexity index is 964. The normalized spacial score (nSPS) is 14.4. The van der Waals surface area contributed by atoms with Crippen LogP contribution >= 0.6 is 0 Å². The summed E-state index contributed by atoms with van der Waals surface area (Å²) in [7, 11) is 3.32. The SMILES string of the molecule is CCOc1c(C(=O)Nc2cnoc2)nc(N(C)C2CCN(C(=O)O)CC2)n(C)c1=O. The zero-order chi connectivity index (χ0) is 21.8. The van der Waals surface area contributed by atoms with Crippen LogP contribution in [0.2, 0.25) is 0 Å².